The van der Waals surface area contributed by atoms with Gasteiger partial charge in [-0.25, -0.2) is 0 Å². The standard InChI is InChI=1S/C48H39BN2O2S2/c1-47(2,3)28-19-21-30(22-20-28)50-35-25-29(48(4,5)6)26-36-42(35)49(45-43(50)32-13-7-9-15-37(32)52-45)46-44-33-27-31(23-24-38(33)53-46)54-40-17-11-12-18-41(40)55-39-16-10-8-14-34(39)51(36)44/h7-27H,1-6H3. The predicted molar refractivity (Wildman–Crippen MR) is 237 cm³/mol. The summed E-state index contributed by atoms with van der Waals surface area (Å²) in [5, 5.41) is 2.19. The molecule has 2 aliphatic rings. The molecule has 55 heavy (non-hydrogen) atoms. The normalized spacial score (nSPS) is 13.6. The van der Waals surface area contributed by atoms with E-state index in [-0.39, 0.29) is 17.5 Å². The number of hydrogen-bond acceptors (Lipinski definition) is 5. The first-order valence-electron chi connectivity index (χ1n) is 19.0. The predicted octanol–water partition coefficient (Wildman–Crippen LogP) is 12.4. The molecule has 2 aliphatic heterocycles. The van der Waals surface area contributed by atoms with Gasteiger partial charge in [0.2, 0.25) is 0 Å². The quantitative estimate of drug-likeness (QED) is 0.157. The minimum atomic E-state index is -0.261. The summed E-state index contributed by atoms with van der Waals surface area (Å²) < 4.78 is 21.6. The van der Waals surface area contributed by atoms with Gasteiger partial charge in [-0.3, -0.25) is 0 Å². The van der Waals surface area contributed by atoms with Crippen molar-refractivity contribution in [2.75, 3.05) is 4.90 Å². The number of furan rings is 2. The van der Waals surface area contributed by atoms with Crippen LogP contribution in [-0.2, 0) is 10.8 Å². The molecule has 0 amide bonds. The fourth-order valence-electron chi connectivity index (χ4n) is 8.61. The zero-order chi connectivity index (χ0) is 37.4. The van der Waals surface area contributed by atoms with Crippen molar-refractivity contribution in [2.24, 2.45) is 0 Å². The Bertz CT molecular complexity index is 3140. The maximum absolute atomic E-state index is 7.16. The fourth-order valence-corrected chi connectivity index (χ4v) is 10.7. The molecule has 0 spiro atoms. The molecular weight excluding hydrogens is 711 g/mol. The molecule has 0 N–H and O–H groups in total. The van der Waals surface area contributed by atoms with Gasteiger partial charge in [0, 0.05) is 41.9 Å². The van der Waals surface area contributed by atoms with Crippen LogP contribution in [0.3, 0.4) is 0 Å². The lowest BCUT2D eigenvalue weighted by Gasteiger charge is -2.38. The third-order valence-electron chi connectivity index (χ3n) is 11.4. The Morgan fingerprint density at radius 3 is 1.95 bits per heavy atom. The van der Waals surface area contributed by atoms with Crippen LogP contribution in [-0.4, -0.2) is 11.3 Å². The van der Waals surface area contributed by atoms with Crippen LogP contribution in [0.25, 0.3) is 57.5 Å². The lowest BCUT2D eigenvalue weighted by atomic mass is 9.38. The molecule has 0 fully saturated rings. The topological polar surface area (TPSA) is 34.5 Å². The molecule has 0 atom stereocenters. The van der Waals surface area contributed by atoms with Gasteiger partial charge >= 0.3 is 6.71 Å². The maximum atomic E-state index is 7.16. The Morgan fingerprint density at radius 2 is 1.18 bits per heavy atom. The fraction of sp³-hybridized carbons (Fsp3) is 0.167. The van der Waals surface area contributed by atoms with Gasteiger partial charge in [0.1, 0.15) is 22.5 Å². The molecule has 11 rings (SSSR count). The largest absolute Gasteiger partial charge is 0.468 e. The minimum absolute atomic E-state index is 0.0360. The summed E-state index contributed by atoms with van der Waals surface area (Å²) in [6, 6.07) is 46.8. The van der Waals surface area contributed by atoms with E-state index in [0.29, 0.717) is 0 Å². The second-order valence-electron chi connectivity index (χ2n) is 17.0. The van der Waals surface area contributed by atoms with Crippen LogP contribution in [0.2, 0.25) is 0 Å². The van der Waals surface area contributed by atoms with Crippen molar-refractivity contribution in [3.63, 3.8) is 0 Å². The highest BCUT2D eigenvalue weighted by atomic mass is 32.1. The third-order valence-corrected chi connectivity index (χ3v) is 13.7. The van der Waals surface area contributed by atoms with Gasteiger partial charge in [0.15, 0.2) is 0 Å². The van der Waals surface area contributed by atoms with E-state index < -0.39 is 0 Å². The first kappa shape index (κ1) is 32.9. The Morgan fingerprint density at radius 1 is 0.545 bits per heavy atom. The Hall–Kier alpha value is -5.50. The molecule has 0 unspecified atom stereocenters. The van der Waals surface area contributed by atoms with Crippen LogP contribution in [0, 0.1) is 0 Å². The van der Waals surface area contributed by atoms with Gasteiger partial charge in [0.05, 0.1) is 21.4 Å². The van der Waals surface area contributed by atoms with Crippen molar-refractivity contribution in [3.05, 3.63) is 139 Å². The number of para-hydroxylation sites is 2. The molecule has 0 radical (unpaired) electrons. The summed E-state index contributed by atoms with van der Waals surface area (Å²) in [6.45, 7) is 13.5. The summed E-state index contributed by atoms with van der Waals surface area (Å²) in [5.41, 5.74) is 13.9. The molecule has 0 aliphatic carbocycles. The molecule has 5 heterocycles. The second kappa shape index (κ2) is 11.5. The van der Waals surface area contributed by atoms with E-state index in [2.05, 4.69) is 178 Å². The van der Waals surface area contributed by atoms with Crippen LogP contribution < -0.4 is 21.7 Å². The lowest BCUT2D eigenvalue weighted by Crippen LogP contribution is -2.59. The van der Waals surface area contributed by atoms with Crippen molar-refractivity contribution < 1.29 is 8.83 Å². The molecule has 0 saturated carbocycles. The molecule has 2 bridgehead atoms. The highest BCUT2D eigenvalue weighted by Gasteiger charge is 2.48. The molecule has 268 valence electrons. The van der Waals surface area contributed by atoms with E-state index in [0.717, 1.165) is 67.0 Å². The molecule has 3 aromatic heterocycles. The van der Waals surface area contributed by atoms with Crippen LogP contribution in [0.4, 0.5) is 17.1 Å². The number of fused-ring (bicyclic) bond motifs is 10. The van der Waals surface area contributed by atoms with E-state index in [1.54, 1.807) is 0 Å². The summed E-state index contributed by atoms with van der Waals surface area (Å²) in [7, 11) is 0. The number of hydrogen-bond donors (Lipinski definition) is 0. The third kappa shape index (κ3) is 4.89. The summed E-state index contributed by atoms with van der Waals surface area (Å²) >= 11 is 3.65. The number of rotatable bonds is 1. The Balaban J connectivity index is 1.37. The first-order valence-corrected chi connectivity index (χ1v) is 20.7. The SMILES string of the molecule is CC(C)(C)c1ccc(N2c3cc(C(C)(C)C)cc4c3B(c3oc5ccccc5c32)c2oc3ccc5cc3c2n-4c2ccccc2sc2ccccc2s5)cc1. The van der Waals surface area contributed by atoms with Gasteiger partial charge in [-0.1, -0.05) is 90.1 Å². The lowest BCUT2D eigenvalue weighted by molar-refractivity contribution is 0.589. The smallest absolute Gasteiger partial charge is 0.342 e. The van der Waals surface area contributed by atoms with Crippen molar-refractivity contribution in [1.29, 1.82) is 0 Å². The summed E-state index contributed by atoms with van der Waals surface area (Å²) in [6.07, 6.45) is 0. The molecule has 7 heteroatoms. The zero-order valence-corrected chi connectivity index (χ0v) is 33.4. The van der Waals surface area contributed by atoms with Crippen LogP contribution >= 0.6 is 22.7 Å². The summed E-state index contributed by atoms with van der Waals surface area (Å²) in [5.74, 6) is 0. The van der Waals surface area contributed by atoms with Gasteiger partial charge in [-0.2, -0.15) is 0 Å². The molecule has 4 nitrogen and oxygen atoms in total. The van der Waals surface area contributed by atoms with Crippen molar-refractivity contribution in [2.45, 2.75) is 52.4 Å². The number of anilines is 3. The molecular formula is C48H39BN2O2S2. The second-order valence-corrected chi connectivity index (χ2v) is 19.2. The molecule has 9 aromatic rings. The van der Waals surface area contributed by atoms with E-state index in [1.165, 1.54) is 35.4 Å². The van der Waals surface area contributed by atoms with Crippen molar-refractivity contribution in [3.8, 4) is 5.69 Å². The van der Waals surface area contributed by atoms with Gasteiger partial charge in [-0.15, -0.1) is 22.7 Å². The Kier molecular flexibility index (Phi) is 6.89. The van der Waals surface area contributed by atoms with Crippen LogP contribution in [0.5, 0.6) is 0 Å². The van der Waals surface area contributed by atoms with Gasteiger partial charge in [-0.05, 0) is 106 Å². The average Bonchev–Trinajstić information content (AvgIpc) is 3.73. The van der Waals surface area contributed by atoms with Crippen LogP contribution in [0.1, 0.15) is 52.7 Å². The van der Waals surface area contributed by atoms with E-state index in [1.807, 2.05) is 22.7 Å². The summed E-state index contributed by atoms with van der Waals surface area (Å²) in [4.78, 5) is 2.46. The number of nitrogens with zero attached hydrogens (tertiary/aromatic N) is 2. The maximum Gasteiger partial charge on any atom is 0.342 e. The first-order chi connectivity index (χ1) is 26.5. The van der Waals surface area contributed by atoms with Gasteiger partial charge in [0.25, 0.3) is 0 Å². The Labute approximate surface area is 328 Å². The van der Waals surface area contributed by atoms with Crippen molar-refractivity contribution in [1.82, 2.24) is 4.57 Å². The highest BCUT2D eigenvalue weighted by Crippen LogP contribution is 2.46. The van der Waals surface area contributed by atoms with E-state index >= 15 is 0 Å². The van der Waals surface area contributed by atoms with Crippen molar-refractivity contribution >= 4 is 115 Å². The van der Waals surface area contributed by atoms with E-state index in [9.17, 15) is 0 Å². The highest BCUT2D eigenvalue weighted by molar-refractivity contribution is 7.30. The molecule has 0 saturated heterocycles. The average molecular weight is 751 g/mol. The zero-order valence-electron chi connectivity index (χ0n) is 31.7. The van der Waals surface area contributed by atoms with E-state index in [4.69, 9.17) is 8.83 Å². The monoisotopic (exact) mass is 750 g/mol. The minimum Gasteiger partial charge on any atom is -0.468 e. The number of aromatic nitrogens is 1. The van der Waals surface area contributed by atoms with Crippen LogP contribution in [0.15, 0.2) is 136 Å². The number of benzene rings is 6. The van der Waals surface area contributed by atoms with Gasteiger partial charge < -0.3 is 18.3 Å². The molecule has 6 aromatic carbocycles.